The van der Waals surface area contributed by atoms with Crippen LogP contribution in [0.4, 0.5) is 28.6 Å². The van der Waals surface area contributed by atoms with Crippen LogP contribution in [0.2, 0.25) is 0 Å². The minimum Gasteiger partial charge on any atom is -0.466 e. The highest BCUT2D eigenvalue weighted by Gasteiger charge is 2.32. The summed E-state index contributed by atoms with van der Waals surface area (Å²) in [7, 11) is 2.24. The van der Waals surface area contributed by atoms with Crippen LogP contribution in [0.3, 0.4) is 0 Å². The standard InChI is InChI=1S/C27H34F3N5O7/c1-5-41-22(36)10-12-35-11-6-7-18(15-35)32-24-20(14-31-25(37)39-3)16(2)23(33-34-24)19-9-8-17(27(28,29)30)13-21(19)42-26(38)40-4/h8-9,13,18H,5-7,10-12,14-15H2,1-4H3,(H,31,37)(H,32,34)/t18-/m1/s1. The summed E-state index contributed by atoms with van der Waals surface area (Å²) in [6, 6.07) is 2.58. The van der Waals surface area contributed by atoms with Crippen LogP contribution < -0.4 is 15.4 Å². The van der Waals surface area contributed by atoms with Crippen LogP contribution in [-0.4, -0.2) is 79.8 Å². The van der Waals surface area contributed by atoms with E-state index >= 15 is 0 Å². The van der Waals surface area contributed by atoms with Crippen LogP contribution in [0.15, 0.2) is 18.2 Å². The zero-order valence-corrected chi connectivity index (χ0v) is 23.8. The summed E-state index contributed by atoms with van der Waals surface area (Å²) in [6.45, 7) is 5.66. The minimum absolute atomic E-state index is 0.0452. The molecule has 3 rings (SSSR count). The number of aromatic nitrogens is 2. The molecule has 1 aromatic carbocycles. The number of amides is 1. The fourth-order valence-electron chi connectivity index (χ4n) is 4.54. The molecule has 15 heteroatoms. The number of ether oxygens (including phenoxy) is 4. The lowest BCUT2D eigenvalue weighted by Crippen LogP contribution is -2.43. The lowest BCUT2D eigenvalue weighted by Gasteiger charge is -2.33. The van der Waals surface area contributed by atoms with E-state index in [2.05, 4.69) is 35.2 Å². The molecule has 0 radical (unpaired) electrons. The van der Waals surface area contributed by atoms with E-state index in [0.29, 0.717) is 42.7 Å². The van der Waals surface area contributed by atoms with E-state index in [4.69, 9.17) is 9.47 Å². The molecule has 0 unspecified atom stereocenters. The van der Waals surface area contributed by atoms with Crippen molar-refractivity contribution in [2.45, 2.75) is 51.9 Å². The summed E-state index contributed by atoms with van der Waals surface area (Å²) in [5, 5.41) is 14.5. The van der Waals surface area contributed by atoms with Crippen molar-refractivity contribution in [3.05, 3.63) is 34.9 Å². The Labute approximate surface area is 240 Å². The SMILES string of the molecule is CCOC(=O)CCN1CCC[C@@H](Nc2nnc(-c3ccc(C(F)(F)F)cc3OC(=O)OC)c(C)c2CNC(=O)OC)C1. The van der Waals surface area contributed by atoms with Gasteiger partial charge in [0, 0.05) is 30.3 Å². The molecule has 0 saturated carbocycles. The predicted octanol–water partition coefficient (Wildman–Crippen LogP) is 4.30. The molecule has 0 aliphatic carbocycles. The van der Waals surface area contributed by atoms with Gasteiger partial charge in [0.25, 0.3) is 0 Å². The zero-order chi connectivity index (χ0) is 30.9. The number of nitrogens with one attached hydrogen (secondary N) is 2. The first-order valence-corrected chi connectivity index (χ1v) is 13.3. The molecule has 1 saturated heterocycles. The second-order valence-electron chi connectivity index (χ2n) is 9.45. The molecule has 1 amide bonds. The number of halogens is 3. The van der Waals surface area contributed by atoms with Gasteiger partial charge in [0.1, 0.15) is 11.4 Å². The summed E-state index contributed by atoms with van der Waals surface area (Å²) in [5.74, 6) is -0.335. The molecular formula is C27H34F3N5O7. The number of nitrogens with zero attached hydrogens (tertiary/aromatic N) is 3. The first kappa shape index (κ1) is 32.4. The van der Waals surface area contributed by atoms with E-state index in [9.17, 15) is 27.6 Å². The number of methoxy groups -OCH3 is 2. The summed E-state index contributed by atoms with van der Waals surface area (Å²) in [4.78, 5) is 37.7. The van der Waals surface area contributed by atoms with E-state index in [1.165, 1.54) is 7.11 Å². The number of benzene rings is 1. The molecule has 42 heavy (non-hydrogen) atoms. The number of carbonyl (C=O) groups is 3. The molecular weight excluding hydrogens is 563 g/mol. The van der Waals surface area contributed by atoms with Gasteiger partial charge in [-0.15, -0.1) is 10.2 Å². The molecule has 12 nitrogen and oxygen atoms in total. The van der Waals surface area contributed by atoms with E-state index in [1.54, 1.807) is 13.8 Å². The fraction of sp³-hybridized carbons (Fsp3) is 0.519. The number of hydrogen-bond acceptors (Lipinski definition) is 11. The number of rotatable bonds is 10. The molecule has 0 bridgehead atoms. The number of esters is 1. The van der Waals surface area contributed by atoms with Gasteiger partial charge in [0.2, 0.25) is 0 Å². The summed E-state index contributed by atoms with van der Waals surface area (Å²) < 4.78 is 59.5. The first-order valence-electron chi connectivity index (χ1n) is 13.3. The third-order valence-corrected chi connectivity index (χ3v) is 6.65. The van der Waals surface area contributed by atoms with Gasteiger partial charge in [-0.05, 0) is 57.0 Å². The van der Waals surface area contributed by atoms with E-state index in [1.807, 2.05) is 0 Å². The highest BCUT2D eigenvalue weighted by molar-refractivity contribution is 5.76. The van der Waals surface area contributed by atoms with Crippen molar-refractivity contribution < 1.29 is 46.5 Å². The molecule has 2 N–H and O–H groups in total. The topological polar surface area (TPSA) is 141 Å². The Kier molecular flexibility index (Phi) is 11.3. The summed E-state index contributed by atoms with van der Waals surface area (Å²) >= 11 is 0. The summed E-state index contributed by atoms with van der Waals surface area (Å²) in [6.07, 6.45) is -4.67. The maximum absolute atomic E-state index is 13.4. The van der Waals surface area contributed by atoms with Crippen LogP contribution in [0.25, 0.3) is 11.3 Å². The number of piperidine rings is 1. The molecule has 1 aromatic heterocycles. The Morgan fingerprint density at radius 2 is 1.90 bits per heavy atom. The van der Waals surface area contributed by atoms with Crippen LogP contribution in [0.1, 0.15) is 42.9 Å². The third kappa shape index (κ3) is 8.68. The fourth-order valence-corrected chi connectivity index (χ4v) is 4.54. The maximum atomic E-state index is 13.4. The Hall–Kier alpha value is -4.14. The number of carbonyl (C=O) groups excluding carboxylic acids is 3. The van der Waals surface area contributed by atoms with Crippen LogP contribution in [0, 0.1) is 6.92 Å². The summed E-state index contributed by atoms with van der Waals surface area (Å²) in [5.41, 5.74) is 0.124. The second-order valence-corrected chi connectivity index (χ2v) is 9.45. The predicted molar refractivity (Wildman–Crippen MR) is 144 cm³/mol. The first-order chi connectivity index (χ1) is 20.0. The van der Waals surface area contributed by atoms with Crippen molar-refractivity contribution in [3.8, 4) is 17.0 Å². The van der Waals surface area contributed by atoms with Gasteiger partial charge >= 0.3 is 24.4 Å². The quantitative estimate of drug-likeness (QED) is 0.230. The molecule has 230 valence electrons. The molecule has 0 spiro atoms. The lowest BCUT2D eigenvalue weighted by molar-refractivity contribution is -0.143. The maximum Gasteiger partial charge on any atom is 0.513 e. The number of alkyl halides is 3. The van der Waals surface area contributed by atoms with Gasteiger partial charge in [-0.2, -0.15) is 13.2 Å². The Balaban J connectivity index is 1.95. The Morgan fingerprint density at radius 1 is 1.14 bits per heavy atom. The third-order valence-electron chi connectivity index (χ3n) is 6.65. The van der Waals surface area contributed by atoms with Crippen LogP contribution in [0.5, 0.6) is 5.75 Å². The highest BCUT2D eigenvalue weighted by Crippen LogP contribution is 2.39. The molecule has 1 aliphatic rings. The Bertz CT molecular complexity index is 1280. The highest BCUT2D eigenvalue weighted by atomic mass is 19.4. The van der Waals surface area contributed by atoms with Crippen molar-refractivity contribution in [2.75, 3.05) is 45.8 Å². The molecule has 1 aliphatic heterocycles. The van der Waals surface area contributed by atoms with Gasteiger partial charge < -0.3 is 34.5 Å². The van der Waals surface area contributed by atoms with E-state index in [-0.39, 0.29) is 36.2 Å². The van der Waals surface area contributed by atoms with Crippen molar-refractivity contribution in [3.63, 3.8) is 0 Å². The number of alkyl carbamates (subject to hydrolysis) is 1. The van der Waals surface area contributed by atoms with Crippen molar-refractivity contribution in [1.29, 1.82) is 0 Å². The molecule has 1 atom stereocenters. The van der Waals surface area contributed by atoms with Crippen molar-refractivity contribution >= 4 is 24.0 Å². The van der Waals surface area contributed by atoms with Gasteiger partial charge in [-0.1, -0.05) is 0 Å². The average molecular weight is 598 g/mol. The van der Waals surface area contributed by atoms with E-state index in [0.717, 1.165) is 38.6 Å². The minimum atomic E-state index is -4.69. The molecule has 2 heterocycles. The zero-order valence-electron chi connectivity index (χ0n) is 23.8. The molecule has 2 aromatic rings. The van der Waals surface area contributed by atoms with Gasteiger partial charge in [0.15, 0.2) is 5.82 Å². The van der Waals surface area contributed by atoms with Gasteiger partial charge in [-0.3, -0.25) is 4.79 Å². The lowest BCUT2D eigenvalue weighted by atomic mass is 9.99. The van der Waals surface area contributed by atoms with Crippen molar-refractivity contribution in [2.24, 2.45) is 0 Å². The van der Waals surface area contributed by atoms with Gasteiger partial charge in [0.05, 0.1) is 39.4 Å². The van der Waals surface area contributed by atoms with Crippen molar-refractivity contribution in [1.82, 2.24) is 20.4 Å². The number of anilines is 1. The monoisotopic (exact) mass is 597 g/mol. The van der Waals surface area contributed by atoms with Gasteiger partial charge in [-0.25, -0.2) is 9.59 Å². The Morgan fingerprint density at radius 3 is 2.57 bits per heavy atom. The number of hydrogen-bond donors (Lipinski definition) is 2. The average Bonchev–Trinajstić information content (AvgIpc) is 2.95. The van der Waals surface area contributed by atoms with Crippen LogP contribution >= 0.6 is 0 Å². The van der Waals surface area contributed by atoms with Crippen LogP contribution in [-0.2, 0) is 31.7 Å². The largest absolute Gasteiger partial charge is 0.513 e. The second kappa shape index (κ2) is 14.7. The normalized spacial score (nSPS) is 15.5. The van der Waals surface area contributed by atoms with E-state index < -0.39 is 29.7 Å². The smallest absolute Gasteiger partial charge is 0.466 e. The number of likely N-dealkylation sites (tertiary alicyclic amines) is 1. The molecule has 1 fully saturated rings.